The van der Waals surface area contributed by atoms with Crippen LogP contribution in [-0.2, 0) is 36.4 Å². The number of aliphatic carboxylic acids is 1. The van der Waals surface area contributed by atoms with Crippen molar-refractivity contribution in [2.75, 3.05) is 18.0 Å². The average molecular weight is 717 g/mol. The van der Waals surface area contributed by atoms with Crippen LogP contribution in [0.3, 0.4) is 0 Å². The summed E-state index contributed by atoms with van der Waals surface area (Å²) >= 11 is -1.82. The van der Waals surface area contributed by atoms with Crippen LogP contribution in [0.2, 0.25) is 0 Å². The van der Waals surface area contributed by atoms with Gasteiger partial charge in [-0.2, -0.15) is 8.91 Å². The van der Waals surface area contributed by atoms with Gasteiger partial charge in [-0.05, 0) is 75.1 Å². The summed E-state index contributed by atoms with van der Waals surface area (Å²) in [5.74, 6) is 2.16. The van der Waals surface area contributed by atoms with E-state index in [1.807, 2.05) is 42.5 Å². The molecule has 1 N–H and O–H groups in total. The predicted molar refractivity (Wildman–Crippen MR) is 184 cm³/mol. The summed E-state index contributed by atoms with van der Waals surface area (Å²) in [4.78, 5) is 14.1. The molecule has 0 saturated heterocycles. The van der Waals surface area contributed by atoms with Gasteiger partial charge in [-0.3, -0.25) is 9.83 Å². The molecule has 0 saturated carbocycles. The second-order valence-electron chi connectivity index (χ2n) is 12.6. The van der Waals surface area contributed by atoms with Gasteiger partial charge >= 0.3 is 35.5 Å². The molecule has 2 aromatic rings. The number of nitrogens with zero attached hydrogens (tertiary/aromatic N) is 2. The Morgan fingerprint density at radius 2 is 1.84 bits per heavy atom. The quantitative estimate of drug-likeness (QED) is 0.0299. The van der Waals surface area contributed by atoms with Crippen LogP contribution >= 0.6 is 12.0 Å². The minimum absolute atomic E-state index is 0. The first-order valence-corrected chi connectivity index (χ1v) is 17.5. The topological polar surface area (TPSA) is 134 Å². The first-order chi connectivity index (χ1) is 22.9. The maximum absolute atomic E-state index is 11.2. The molecule has 256 valence electrons. The van der Waals surface area contributed by atoms with Gasteiger partial charge in [-0.25, -0.2) is 4.21 Å². The molecule has 10 nitrogen and oxygen atoms in total. The summed E-state index contributed by atoms with van der Waals surface area (Å²) in [6, 6.07) is 11.2. The molecule has 2 heterocycles. The van der Waals surface area contributed by atoms with Crippen LogP contribution in [0.4, 0.5) is 11.4 Å². The monoisotopic (exact) mass is 716 g/mol. The van der Waals surface area contributed by atoms with Gasteiger partial charge < -0.3 is 24.0 Å². The van der Waals surface area contributed by atoms with E-state index in [9.17, 15) is 18.8 Å². The summed E-state index contributed by atoms with van der Waals surface area (Å²) in [6.07, 6.45) is 19.5. The second kappa shape index (κ2) is 18.5. The molecule has 1 atom stereocenters. The SMILES string of the molecule is C#CCCCCN1/C(=C/C=C/C=C/C2=[N+](CCCCC(=O)O)c3ccc(SOO[O-])cc3C2(C)C)C(C)(C)c2cc(OS(=O)[O-])ccc21.[Na+]. The van der Waals surface area contributed by atoms with Gasteiger partial charge in [0.05, 0.1) is 17.5 Å². The molecule has 0 aliphatic carbocycles. The van der Waals surface area contributed by atoms with Crippen LogP contribution in [0.1, 0.15) is 77.3 Å². The molecule has 49 heavy (non-hydrogen) atoms. The number of unbranched alkanes of at least 4 members (excludes halogenated alkanes) is 3. The van der Waals surface area contributed by atoms with Crippen molar-refractivity contribution in [2.24, 2.45) is 0 Å². The Balaban J connectivity index is 0.00000650. The molecule has 0 amide bonds. The Labute approximate surface area is 317 Å². The zero-order chi connectivity index (χ0) is 34.9. The van der Waals surface area contributed by atoms with Crippen molar-refractivity contribution in [3.05, 3.63) is 83.6 Å². The van der Waals surface area contributed by atoms with Gasteiger partial charge in [0, 0.05) is 65.2 Å². The number of carboxylic acids is 1. The van der Waals surface area contributed by atoms with Crippen molar-refractivity contribution in [2.45, 2.75) is 81.9 Å². The normalized spacial score (nSPS) is 17.3. The van der Waals surface area contributed by atoms with Crippen LogP contribution in [0.25, 0.3) is 0 Å². The van der Waals surface area contributed by atoms with E-state index in [1.54, 1.807) is 12.1 Å². The number of allylic oxidation sites excluding steroid dienone is 6. The van der Waals surface area contributed by atoms with Gasteiger partial charge in [0.1, 0.15) is 23.7 Å². The number of benzene rings is 2. The van der Waals surface area contributed by atoms with E-state index in [0.717, 1.165) is 70.2 Å². The minimum Gasteiger partial charge on any atom is -0.740 e. The van der Waals surface area contributed by atoms with E-state index < -0.39 is 28.2 Å². The summed E-state index contributed by atoms with van der Waals surface area (Å²) in [7, 11) is 0. The first-order valence-electron chi connectivity index (χ1n) is 15.7. The van der Waals surface area contributed by atoms with E-state index >= 15 is 0 Å². The summed E-state index contributed by atoms with van der Waals surface area (Å²) < 4.78 is 34.1. The van der Waals surface area contributed by atoms with Gasteiger partial charge in [0.25, 0.3) is 0 Å². The Morgan fingerprint density at radius 3 is 2.53 bits per heavy atom. The maximum Gasteiger partial charge on any atom is 1.00 e. The number of carbonyl (C=O) groups is 1. The minimum atomic E-state index is -2.67. The van der Waals surface area contributed by atoms with Crippen molar-refractivity contribution in [1.82, 2.24) is 0 Å². The third-order valence-corrected chi connectivity index (χ3v) is 9.65. The second-order valence-corrected chi connectivity index (χ2v) is 14.0. The number of terminal acetylenes is 1. The molecule has 0 bridgehead atoms. The first kappa shape index (κ1) is 40.7. The van der Waals surface area contributed by atoms with Crippen molar-refractivity contribution in [3.8, 4) is 18.1 Å². The number of rotatable bonds is 17. The van der Waals surface area contributed by atoms with Crippen molar-refractivity contribution in [3.63, 3.8) is 0 Å². The van der Waals surface area contributed by atoms with Gasteiger partial charge in [0.2, 0.25) is 5.69 Å². The van der Waals surface area contributed by atoms with Gasteiger partial charge in [-0.15, -0.1) is 12.3 Å². The van der Waals surface area contributed by atoms with E-state index in [1.165, 1.54) is 0 Å². The molecule has 0 spiro atoms. The maximum atomic E-state index is 11.2. The van der Waals surface area contributed by atoms with Crippen LogP contribution in [0, 0.1) is 12.3 Å². The van der Waals surface area contributed by atoms with E-state index in [2.05, 4.69) is 64.6 Å². The average Bonchev–Trinajstić information content (AvgIpc) is 3.37. The molecular formula is C36H41N2NaO8S2. The fourth-order valence-corrected chi connectivity index (χ4v) is 7.08. The molecular weight excluding hydrogens is 676 g/mol. The van der Waals surface area contributed by atoms with Crippen LogP contribution in [0.15, 0.2) is 77.4 Å². The summed E-state index contributed by atoms with van der Waals surface area (Å²) in [5, 5.41) is 23.1. The molecule has 2 aliphatic rings. The summed E-state index contributed by atoms with van der Waals surface area (Å²) in [6.45, 7) is 9.89. The fraction of sp³-hybridized carbons (Fsp3) is 0.389. The molecule has 2 aliphatic heterocycles. The van der Waals surface area contributed by atoms with Crippen LogP contribution in [0.5, 0.6) is 5.75 Å². The molecule has 0 fully saturated rings. The van der Waals surface area contributed by atoms with Crippen LogP contribution < -0.4 is 43.9 Å². The third kappa shape index (κ3) is 9.97. The zero-order valence-electron chi connectivity index (χ0n) is 28.6. The third-order valence-electron chi connectivity index (χ3n) is 8.75. The van der Waals surface area contributed by atoms with Crippen molar-refractivity contribution < 1.29 is 71.6 Å². The Kier molecular flexibility index (Phi) is 15.4. The van der Waals surface area contributed by atoms with E-state index in [-0.39, 0.29) is 41.7 Å². The fourth-order valence-electron chi connectivity index (χ4n) is 6.43. The Morgan fingerprint density at radius 1 is 1.06 bits per heavy atom. The Bertz CT molecular complexity index is 1690. The number of carboxylic acid groups (broad SMARTS) is 1. The van der Waals surface area contributed by atoms with E-state index in [0.29, 0.717) is 25.8 Å². The van der Waals surface area contributed by atoms with Gasteiger partial charge in [-0.1, -0.05) is 32.1 Å². The van der Waals surface area contributed by atoms with Crippen molar-refractivity contribution >= 4 is 46.5 Å². The smallest absolute Gasteiger partial charge is 0.740 e. The number of fused-ring (bicyclic) bond motifs is 2. The largest absolute Gasteiger partial charge is 1.00 e. The molecule has 1 unspecified atom stereocenters. The number of anilines is 1. The van der Waals surface area contributed by atoms with E-state index in [4.69, 9.17) is 15.7 Å². The van der Waals surface area contributed by atoms with Crippen molar-refractivity contribution in [1.29, 1.82) is 0 Å². The Hall–Kier alpha value is -2.70. The van der Waals surface area contributed by atoms with Crippen LogP contribution in [-0.4, -0.2) is 43.2 Å². The molecule has 0 aromatic heterocycles. The predicted octanol–water partition coefficient (Wildman–Crippen LogP) is 3.32. The van der Waals surface area contributed by atoms with Gasteiger partial charge in [0.15, 0.2) is 5.71 Å². The summed E-state index contributed by atoms with van der Waals surface area (Å²) in [5.41, 5.74) is 5.36. The zero-order valence-corrected chi connectivity index (χ0v) is 32.2. The molecule has 13 heteroatoms. The molecule has 4 rings (SSSR count). The standard InChI is InChI=1S/C36H42N2O8S2.Na/c1-6-7-8-13-22-37-30-20-18-26(44-48(42)43)24-28(30)35(2,3)32(37)15-10-9-11-16-33-36(4,5)29-25-27(47-46-45-41)19-21-31(29)38(33)23-14-12-17-34(39)40;/h1,9-11,15-16,18-21,24-25H,7-8,12-14,17,22-23H2,2-5H3,(H2-,39,40,41,42,43);/q;+1/p-1. The number of hydrogen-bond acceptors (Lipinski definition) is 9. The number of hydrogen-bond donors (Lipinski definition) is 1. The molecule has 0 radical (unpaired) electrons. The molecule has 2 aromatic carbocycles.